The second-order valence-corrected chi connectivity index (χ2v) is 5.92. The fraction of sp³-hybridized carbons (Fsp3) is 0.800. The Morgan fingerprint density at radius 2 is 1.85 bits per heavy atom. The van der Waals surface area contributed by atoms with Crippen molar-refractivity contribution in [2.45, 2.75) is 66.6 Å². The zero-order valence-corrected chi connectivity index (χ0v) is 13.9. The molecule has 5 nitrogen and oxygen atoms in total. The first-order valence-electron chi connectivity index (χ1n) is 7.70. The van der Waals surface area contributed by atoms with Crippen LogP contribution in [0.2, 0.25) is 0 Å². The number of aromatic nitrogens is 2. The van der Waals surface area contributed by atoms with Crippen LogP contribution in [0.4, 0.5) is 11.5 Å². The van der Waals surface area contributed by atoms with Gasteiger partial charge in [0.2, 0.25) is 0 Å². The summed E-state index contributed by atoms with van der Waals surface area (Å²) < 4.78 is 1.99. The predicted molar refractivity (Wildman–Crippen MR) is 87.1 cm³/mol. The molecule has 0 aliphatic carbocycles. The van der Waals surface area contributed by atoms with Crippen LogP contribution >= 0.6 is 0 Å². The average molecular weight is 281 g/mol. The van der Waals surface area contributed by atoms with Gasteiger partial charge in [0.05, 0.1) is 11.4 Å². The van der Waals surface area contributed by atoms with Gasteiger partial charge in [0.25, 0.3) is 0 Å². The standard InChI is InChI=1S/C15H31N5/c1-7-9-20-15(14(16)13(6)18-20)17-8-10-19(11(2)3)12(4)5/h11-12,17H,7-10,16H2,1-6H3. The molecule has 0 fully saturated rings. The van der Waals surface area contributed by atoms with Crippen LogP contribution < -0.4 is 11.1 Å². The van der Waals surface area contributed by atoms with Crippen molar-refractivity contribution in [2.24, 2.45) is 0 Å². The summed E-state index contributed by atoms with van der Waals surface area (Å²) in [7, 11) is 0. The van der Waals surface area contributed by atoms with E-state index in [0.717, 1.165) is 43.3 Å². The summed E-state index contributed by atoms with van der Waals surface area (Å²) in [5, 5.41) is 7.94. The molecule has 1 aromatic heterocycles. The maximum absolute atomic E-state index is 6.11. The Labute approximate surface area is 123 Å². The van der Waals surface area contributed by atoms with E-state index < -0.39 is 0 Å². The molecule has 0 atom stereocenters. The first kappa shape index (κ1) is 16.8. The molecular formula is C15H31N5. The van der Waals surface area contributed by atoms with Crippen LogP contribution in [0.25, 0.3) is 0 Å². The van der Waals surface area contributed by atoms with Crippen molar-refractivity contribution >= 4 is 11.5 Å². The lowest BCUT2D eigenvalue weighted by Crippen LogP contribution is -2.40. The van der Waals surface area contributed by atoms with Crippen LogP contribution in [0.15, 0.2) is 0 Å². The molecule has 0 amide bonds. The van der Waals surface area contributed by atoms with E-state index in [1.54, 1.807) is 0 Å². The Hall–Kier alpha value is -1.23. The smallest absolute Gasteiger partial charge is 0.148 e. The zero-order valence-electron chi connectivity index (χ0n) is 13.9. The van der Waals surface area contributed by atoms with E-state index in [-0.39, 0.29) is 0 Å². The SMILES string of the molecule is CCCn1nc(C)c(N)c1NCCN(C(C)C)C(C)C. The van der Waals surface area contributed by atoms with Crippen LogP contribution in [0.1, 0.15) is 46.7 Å². The Kier molecular flexibility index (Phi) is 6.33. The Balaban J connectivity index is 2.65. The van der Waals surface area contributed by atoms with Crippen molar-refractivity contribution in [3.63, 3.8) is 0 Å². The van der Waals surface area contributed by atoms with E-state index in [9.17, 15) is 0 Å². The van der Waals surface area contributed by atoms with Crippen molar-refractivity contribution in [3.8, 4) is 0 Å². The topological polar surface area (TPSA) is 59.1 Å². The van der Waals surface area contributed by atoms with E-state index in [0.29, 0.717) is 12.1 Å². The fourth-order valence-electron chi connectivity index (χ4n) is 2.57. The fourth-order valence-corrected chi connectivity index (χ4v) is 2.57. The molecule has 0 unspecified atom stereocenters. The van der Waals surface area contributed by atoms with Gasteiger partial charge < -0.3 is 11.1 Å². The number of hydrogen-bond donors (Lipinski definition) is 2. The number of hydrogen-bond acceptors (Lipinski definition) is 4. The van der Waals surface area contributed by atoms with E-state index >= 15 is 0 Å². The first-order chi connectivity index (χ1) is 9.38. The molecule has 3 N–H and O–H groups in total. The van der Waals surface area contributed by atoms with Gasteiger partial charge in [-0.05, 0) is 41.0 Å². The number of nitrogens with one attached hydrogen (secondary N) is 1. The van der Waals surface area contributed by atoms with Crippen molar-refractivity contribution in [2.75, 3.05) is 24.1 Å². The highest BCUT2D eigenvalue weighted by Gasteiger charge is 2.15. The summed E-state index contributed by atoms with van der Waals surface area (Å²) >= 11 is 0. The van der Waals surface area contributed by atoms with Gasteiger partial charge in [0.15, 0.2) is 0 Å². The molecular weight excluding hydrogens is 250 g/mol. The van der Waals surface area contributed by atoms with E-state index in [4.69, 9.17) is 5.73 Å². The summed E-state index contributed by atoms with van der Waals surface area (Å²) in [4.78, 5) is 2.47. The van der Waals surface area contributed by atoms with Gasteiger partial charge in [-0.3, -0.25) is 4.90 Å². The normalized spacial score (nSPS) is 11.8. The molecule has 0 bridgehead atoms. The molecule has 20 heavy (non-hydrogen) atoms. The lowest BCUT2D eigenvalue weighted by atomic mass is 10.2. The highest BCUT2D eigenvalue weighted by atomic mass is 15.3. The largest absolute Gasteiger partial charge is 0.394 e. The molecule has 1 heterocycles. The molecule has 5 heteroatoms. The maximum Gasteiger partial charge on any atom is 0.148 e. The highest BCUT2D eigenvalue weighted by Crippen LogP contribution is 2.22. The van der Waals surface area contributed by atoms with Gasteiger partial charge in [-0.1, -0.05) is 6.92 Å². The van der Waals surface area contributed by atoms with E-state index in [1.165, 1.54) is 0 Å². The third-order valence-corrected chi connectivity index (χ3v) is 3.60. The molecule has 1 rings (SSSR count). The lowest BCUT2D eigenvalue weighted by molar-refractivity contribution is 0.182. The van der Waals surface area contributed by atoms with Crippen molar-refractivity contribution in [3.05, 3.63) is 5.69 Å². The first-order valence-corrected chi connectivity index (χ1v) is 7.70. The minimum Gasteiger partial charge on any atom is -0.394 e. The number of anilines is 2. The molecule has 0 aliphatic heterocycles. The summed E-state index contributed by atoms with van der Waals surface area (Å²) in [5.41, 5.74) is 7.80. The molecule has 0 aliphatic rings. The van der Waals surface area contributed by atoms with Crippen LogP contribution in [0, 0.1) is 6.92 Å². The van der Waals surface area contributed by atoms with Gasteiger partial charge >= 0.3 is 0 Å². The number of rotatable bonds is 8. The molecule has 116 valence electrons. The van der Waals surface area contributed by atoms with Crippen molar-refractivity contribution in [1.29, 1.82) is 0 Å². The minimum atomic E-state index is 0.552. The number of nitrogens with two attached hydrogens (primary N) is 1. The summed E-state index contributed by atoms with van der Waals surface area (Å²) in [6, 6.07) is 1.10. The number of nitrogens with zero attached hydrogens (tertiary/aromatic N) is 3. The van der Waals surface area contributed by atoms with Gasteiger partial charge in [-0.25, -0.2) is 4.68 Å². The Morgan fingerprint density at radius 3 is 2.35 bits per heavy atom. The average Bonchev–Trinajstić information content (AvgIpc) is 2.61. The zero-order chi connectivity index (χ0) is 15.3. The summed E-state index contributed by atoms with van der Waals surface area (Å²) in [5.74, 6) is 0.969. The quantitative estimate of drug-likeness (QED) is 0.769. The molecule has 1 aromatic rings. The second kappa shape index (κ2) is 7.53. The van der Waals surface area contributed by atoms with Crippen LogP contribution in [-0.4, -0.2) is 39.9 Å². The van der Waals surface area contributed by atoms with Crippen LogP contribution in [-0.2, 0) is 6.54 Å². The van der Waals surface area contributed by atoms with Crippen LogP contribution in [0.5, 0.6) is 0 Å². The summed E-state index contributed by atoms with van der Waals surface area (Å²) in [6.45, 7) is 15.8. The highest BCUT2D eigenvalue weighted by molar-refractivity contribution is 5.64. The second-order valence-electron chi connectivity index (χ2n) is 5.92. The van der Waals surface area contributed by atoms with Gasteiger partial charge in [-0.2, -0.15) is 5.10 Å². The van der Waals surface area contributed by atoms with Crippen molar-refractivity contribution < 1.29 is 0 Å². The van der Waals surface area contributed by atoms with Gasteiger partial charge in [-0.15, -0.1) is 0 Å². The third-order valence-electron chi connectivity index (χ3n) is 3.60. The molecule has 0 spiro atoms. The summed E-state index contributed by atoms with van der Waals surface area (Å²) in [6.07, 6.45) is 1.05. The monoisotopic (exact) mass is 281 g/mol. The predicted octanol–water partition coefficient (Wildman–Crippen LogP) is 2.71. The Morgan fingerprint density at radius 1 is 1.25 bits per heavy atom. The number of nitrogen functional groups attached to an aromatic ring is 1. The molecule has 0 saturated heterocycles. The molecule has 0 aromatic carbocycles. The molecule has 0 saturated carbocycles. The van der Waals surface area contributed by atoms with E-state index in [2.05, 4.69) is 49.9 Å². The third kappa shape index (κ3) is 4.13. The van der Waals surface area contributed by atoms with Gasteiger partial charge in [0.1, 0.15) is 5.82 Å². The van der Waals surface area contributed by atoms with E-state index in [1.807, 2.05) is 11.6 Å². The lowest BCUT2D eigenvalue weighted by Gasteiger charge is -2.30. The minimum absolute atomic E-state index is 0.552. The van der Waals surface area contributed by atoms with Gasteiger partial charge in [0, 0.05) is 31.7 Å². The Bertz CT molecular complexity index is 401. The number of aryl methyl sites for hydroxylation is 2. The van der Waals surface area contributed by atoms with Crippen molar-refractivity contribution in [1.82, 2.24) is 14.7 Å². The van der Waals surface area contributed by atoms with Crippen LogP contribution in [0.3, 0.4) is 0 Å². The maximum atomic E-state index is 6.11. The molecule has 0 radical (unpaired) electrons.